The van der Waals surface area contributed by atoms with Crippen LogP contribution in [0.2, 0.25) is 0 Å². The molecule has 1 aliphatic rings. The second-order valence-corrected chi connectivity index (χ2v) is 9.76. The number of hydrogen-bond donors (Lipinski definition) is 3. The minimum absolute atomic E-state index is 0.282. The molecule has 1 heterocycles. The third kappa shape index (κ3) is 6.45. The van der Waals surface area contributed by atoms with E-state index < -0.39 is 0 Å². The van der Waals surface area contributed by atoms with E-state index in [9.17, 15) is 4.79 Å². The topological polar surface area (TPSA) is 118 Å². The Labute approximate surface area is 224 Å². The third-order valence-electron chi connectivity index (χ3n) is 6.73. The first-order chi connectivity index (χ1) is 18.5. The van der Waals surface area contributed by atoms with Crippen LogP contribution in [0.3, 0.4) is 0 Å². The molecule has 8 nitrogen and oxygen atoms in total. The number of rotatable bonds is 10. The van der Waals surface area contributed by atoms with E-state index in [-0.39, 0.29) is 5.54 Å². The maximum absolute atomic E-state index is 12.1. The number of nitrogens with two attached hydrogens (primary N) is 2. The summed E-state index contributed by atoms with van der Waals surface area (Å²) in [6.45, 7) is 5.90. The predicted octanol–water partition coefficient (Wildman–Crippen LogP) is 4.44. The molecule has 0 saturated carbocycles. The third-order valence-corrected chi connectivity index (χ3v) is 6.73. The number of hydrazine groups is 1. The van der Waals surface area contributed by atoms with E-state index >= 15 is 0 Å². The van der Waals surface area contributed by atoms with Crippen LogP contribution in [0.4, 0.5) is 0 Å². The van der Waals surface area contributed by atoms with Gasteiger partial charge < -0.3 is 10.5 Å². The van der Waals surface area contributed by atoms with E-state index in [1.807, 2.05) is 54.6 Å². The number of carbonyl (C=O) groups is 1. The number of nitrogens with one attached hydrogen (secondary N) is 1. The molecule has 4 rings (SSSR count). The highest BCUT2D eigenvalue weighted by atomic mass is 16.5. The van der Waals surface area contributed by atoms with Gasteiger partial charge in [-0.15, -0.1) is 5.10 Å². The first-order valence-corrected chi connectivity index (χ1v) is 12.9. The minimum Gasteiger partial charge on any atom is -0.382 e. The number of amides is 1. The zero-order valence-corrected chi connectivity index (χ0v) is 22.1. The van der Waals surface area contributed by atoms with E-state index in [4.69, 9.17) is 21.3 Å². The number of aliphatic imine (C=N–C) groups is 1. The van der Waals surface area contributed by atoms with Gasteiger partial charge in [-0.3, -0.25) is 14.7 Å². The summed E-state index contributed by atoms with van der Waals surface area (Å²) >= 11 is 0. The van der Waals surface area contributed by atoms with Gasteiger partial charge in [-0.25, -0.2) is 11.4 Å². The molecule has 198 valence electrons. The summed E-state index contributed by atoms with van der Waals surface area (Å²) in [5.41, 5.74) is 14.1. The fraction of sp³-hybridized carbons (Fsp3) is 0.300. The van der Waals surface area contributed by atoms with Gasteiger partial charge in [-0.1, -0.05) is 67.6 Å². The van der Waals surface area contributed by atoms with Gasteiger partial charge >= 0.3 is 0 Å². The Morgan fingerprint density at radius 3 is 2.45 bits per heavy atom. The number of benzene rings is 3. The summed E-state index contributed by atoms with van der Waals surface area (Å²) in [7, 11) is 0. The van der Waals surface area contributed by atoms with Crippen LogP contribution in [0.1, 0.15) is 44.2 Å². The maximum Gasteiger partial charge on any atom is 0.215 e. The zero-order chi connectivity index (χ0) is 27.0. The molecule has 1 amide bonds. The standard InChI is InChI=1S/C30H36N6O2/c1-3-7-28(33-30(2)16-17-38-20-30)36(21-37)19-22-10-12-24(13-11-22)27-18-25(23-8-5-4-6-9-23)14-15-26(27)29(31)34-35-32/h4-6,8-15,18,21,35H,3,7,16-17,19-20,32H2,1-2H3,(H2,31,34). The van der Waals surface area contributed by atoms with Crippen molar-refractivity contribution >= 4 is 18.1 Å². The van der Waals surface area contributed by atoms with Crippen LogP contribution >= 0.6 is 0 Å². The van der Waals surface area contributed by atoms with Crippen molar-refractivity contribution in [3.8, 4) is 22.3 Å². The minimum atomic E-state index is -0.282. The summed E-state index contributed by atoms with van der Waals surface area (Å²) in [4.78, 5) is 18.8. The monoisotopic (exact) mass is 512 g/mol. The van der Waals surface area contributed by atoms with Crippen molar-refractivity contribution in [2.75, 3.05) is 13.2 Å². The second-order valence-electron chi connectivity index (χ2n) is 9.76. The summed E-state index contributed by atoms with van der Waals surface area (Å²) in [5, 5.41) is 3.99. The number of amidine groups is 2. The van der Waals surface area contributed by atoms with Gasteiger partial charge in [-0.2, -0.15) is 0 Å². The number of nitrogens with zero attached hydrogens (tertiary/aromatic N) is 3. The molecule has 8 heteroatoms. The molecule has 1 unspecified atom stereocenters. The predicted molar refractivity (Wildman–Crippen MR) is 153 cm³/mol. The van der Waals surface area contributed by atoms with E-state index in [2.05, 4.69) is 42.7 Å². The molecule has 1 atom stereocenters. The molecule has 0 radical (unpaired) electrons. The number of carbonyl (C=O) groups excluding carboxylic acids is 1. The molecule has 0 aliphatic carbocycles. The molecule has 0 spiro atoms. The molecule has 0 bridgehead atoms. The molecular weight excluding hydrogens is 476 g/mol. The highest BCUT2D eigenvalue weighted by Gasteiger charge is 2.30. The average Bonchev–Trinajstić information content (AvgIpc) is 3.38. The Balaban J connectivity index is 1.64. The van der Waals surface area contributed by atoms with Crippen LogP contribution in [0, 0.1) is 0 Å². The molecular formula is C30H36N6O2. The average molecular weight is 513 g/mol. The Hall–Kier alpha value is -4.01. The first-order valence-electron chi connectivity index (χ1n) is 12.9. The lowest BCUT2D eigenvalue weighted by Gasteiger charge is -2.25. The first kappa shape index (κ1) is 27.0. The molecule has 5 N–H and O–H groups in total. The lowest BCUT2D eigenvalue weighted by Crippen LogP contribution is -2.34. The van der Waals surface area contributed by atoms with E-state index in [0.717, 1.165) is 64.9 Å². The lowest BCUT2D eigenvalue weighted by atomic mass is 9.93. The van der Waals surface area contributed by atoms with Crippen molar-refractivity contribution in [3.05, 3.63) is 83.9 Å². The van der Waals surface area contributed by atoms with Crippen molar-refractivity contribution in [1.82, 2.24) is 10.4 Å². The van der Waals surface area contributed by atoms with Gasteiger partial charge in [0.2, 0.25) is 6.41 Å². The number of hydrazone groups is 1. The van der Waals surface area contributed by atoms with Crippen LogP contribution in [-0.4, -0.2) is 41.7 Å². The van der Waals surface area contributed by atoms with Gasteiger partial charge in [0.15, 0.2) is 5.84 Å². The van der Waals surface area contributed by atoms with Crippen LogP contribution in [0.5, 0.6) is 0 Å². The molecule has 1 aliphatic heterocycles. The van der Waals surface area contributed by atoms with Crippen molar-refractivity contribution in [3.63, 3.8) is 0 Å². The van der Waals surface area contributed by atoms with Gasteiger partial charge in [0.1, 0.15) is 5.84 Å². The molecule has 38 heavy (non-hydrogen) atoms. The summed E-state index contributed by atoms with van der Waals surface area (Å²) in [6, 6.07) is 24.4. The van der Waals surface area contributed by atoms with Crippen LogP contribution in [0.15, 0.2) is 82.9 Å². The van der Waals surface area contributed by atoms with Crippen LogP contribution in [-0.2, 0) is 16.1 Å². The van der Waals surface area contributed by atoms with Gasteiger partial charge in [0, 0.05) is 18.6 Å². The molecule has 1 saturated heterocycles. The summed E-state index contributed by atoms with van der Waals surface area (Å²) in [6.07, 6.45) is 3.37. The molecule has 1 fully saturated rings. The second kappa shape index (κ2) is 12.5. The Kier molecular flexibility index (Phi) is 8.89. The highest BCUT2D eigenvalue weighted by Crippen LogP contribution is 2.30. The summed E-state index contributed by atoms with van der Waals surface area (Å²) < 4.78 is 5.56. The largest absolute Gasteiger partial charge is 0.382 e. The summed E-state index contributed by atoms with van der Waals surface area (Å²) in [5.74, 6) is 6.49. The van der Waals surface area contributed by atoms with E-state index in [1.54, 1.807) is 4.90 Å². The smallest absolute Gasteiger partial charge is 0.215 e. The molecule has 3 aromatic carbocycles. The van der Waals surface area contributed by atoms with Gasteiger partial charge in [0.05, 0.1) is 18.7 Å². The van der Waals surface area contributed by atoms with Crippen molar-refractivity contribution in [2.45, 2.75) is 45.2 Å². The fourth-order valence-electron chi connectivity index (χ4n) is 4.67. The van der Waals surface area contributed by atoms with Crippen LogP contribution < -0.4 is 17.1 Å². The SMILES string of the molecule is CCCC(=NC1(C)CCOC1)N(C=O)Cc1ccc(-c2cc(-c3ccccc3)ccc2/C(N)=N/NN)cc1. The highest BCUT2D eigenvalue weighted by molar-refractivity contribution is 6.04. The Morgan fingerprint density at radius 2 is 1.82 bits per heavy atom. The molecule has 0 aromatic heterocycles. The number of hydrogen-bond acceptors (Lipinski definition) is 6. The lowest BCUT2D eigenvalue weighted by molar-refractivity contribution is -0.115. The zero-order valence-electron chi connectivity index (χ0n) is 22.1. The van der Waals surface area contributed by atoms with E-state index in [0.29, 0.717) is 25.6 Å². The van der Waals surface area contributed by atoms with Crippen molar-refractivity contribution < 1.29 is 9.53 Å². The number of ether oxygens (including phenoxy) is 1. The maximum atomic E-state index is 12.1. The fourth-order valence-corrected chi connectivity index (χ4v) is 4.67. The van der Waals surface area contributed by atoms with Gasteiger partial charge in [-0.05, 0) is 59.7 Å². The Morgan fingerprint density at radius 1 is 1.08 bits per heavy atom. The molecule has 3 aromatic rings. The van der Waals surface area contributed by atoms with Gasteiger partial charge in [0.25, 0.3) is 0 Å². The van der Waals surface area contributed by atoms with Crippen molar-refractivity contribution in [1.29, 1.82) is 0 Å². The normalized spacial score (nSPS) is 17.9. The Bertz CT molecular complexity index is 1280. The van der Waals surface area contributed by atoms with E-state index in [1.165, 1.54) is 0 Å². The van der Waals surface area contributed by atoms with Crippen LogP contribution in [0.25, 0.3) is 22.3 Å². The van der Waals surface area contributed by atoms with Crippen molar-refractivity contribution in [2.24, 2.45) is 21.7 Å². The quantitative estimate of drug-likeness (QED) is 0.122.